The number of hydrogen-bond donors (Lipinski definition) is 1. The zero-order valence-corrected chi connectivity index (χ0v) is 13.6. The molecule has 4 nitrogen and oxygen atoms in total. The predicted molar refractivity (Wildman–Crippen MR) is 81.1 cm³/mol. The zero-order valence-electron chi connectivity index (χ0n) is 12.8. The normalized spacial score (nSPS) is 20.8. The molecule has 1 fully saturated rings. The van der Waals surface area contributed by atoms with E-state index in [-0.39, 0.29) is 5.60 Å². The van der Waals surface area contributed by atoms with Crippen molar-refractivity contribution in [3.05, 3.63) is 22.2 Å². The Hall–Kier alpha value is -0.780. The molecule has 1 aliphatic rings. The number of ether oxygens (including phenoxy) is 2. The maximum absolute atomic E-state index is 5.87. The van der Waals surface area contributed by atoms with Gasteiger partial charge in [0.15, 0.2) is 0 Å². The third-order valence-electron chi connectivity index (χ3n) is 4.33. The number of nitrogens with zero attached hydrogens (tertiary/aromatic N) is 1. The quantitative estimate of drug-likeness (QED) is 0.860. The molecule has 0 aromatic carbocycles. The minimum Gasteiger partial charge on any atom is -0.378 e. The number of methoxy groups -OCH3 is 2. The third kappa shape index (κ3) is 3.27. The first-order valence-electron chi connectivity index (χ1n) is 7.06. The summed E-state index contributed by atoms with van der Waals surface area (Å²) >= 11 is 5.27. The molecular formula is C15H24N2O2S. The monoisotopic (exact) mass is 296 g/mol. The maximum atomic E-state index is 5.87. The molecule has 0 saturated heterocycles. The van der Waals surface area contributed by atoms with Gasteiger partial charge in [-0.15, -0.1) is 0 Å². The summed E-state index contributed by atoms with van der Waals surface area (Å²) in [6.07, 6.45) is 4.17. The van der Waals surface area contributed by atoms with Crippen LogP contribution < -0.4 is 0 Å². The van der Waals surface area contributed by atoms with Crippen molar-refractivity contribution in [3.8, 4) is 0 Å². The highest BCUT2D eigenvalue weighted by molar-refractivity contribution is 7.71. The minimum absolute atomic E-state index is 0.340. The van der Waals surface area contributed by atoms with Crippen molar-refractivity contribution < 1.29 is 9.47 Å². The Morgan fingerprint density at radius 1 is 1.25 bits per heavy atom. The van der Waals surface area contributed by atoms with E-state index in [0.29, 0.717) is 16.7 Å². The molecule has 0 aliphatic heterocycles. The van der Waals surface area contributed by atoms with Crippen LogP contribution >= 0.6 is 12.2 Å². The van der Waals surface area contributed by atoms with Crippen molar-refractivity contribution in [3.63, 3.8) is 0 Å². The summed E-state index contributed by atoms with van der Waals surface area (Å²) in [6.45, 7) is 5.12. The average molecular weight is 296 g/mol. The lowest BCUT2D eigenvalue weighted by atomic mass is 9.70. The first-order chi connectivity index (χ1) is 9.41. The number of aromatic nitrogens is 2. The van der Waals surface area contributed by atoms with E-state index in [4.69, 9.17) is 21.7 Å². The van der Waals surface area contributed by atoms with Crippen molar-refractivity contribution in [2.75, 3.05) is 14.2 Å². The molecule has 0 amide bonds. The van der Waals surface area contributed by atoms with Crippen LogP contribution in [0.5, 0.6) is 0 Å². The standard InChI is InChI=1S/C15H24N2O2S/c1-14(2)5-7-15(19-4,8-6-14)13-16-11(10-18-3)9-12(20)17-13/h9H,5-8,10H2,1-4H3,(H,16,17,20). The number of hydrogen-bond acceptors (Lipinski definition) is 4. The van der Waals surface area contributed by atoms with Gasteiger partial charge in [-0.2, -0.15) is 0 Å². The van der Waals surface area contributed by atoms with Crippen LogP contribution in [-0.2, 0) is 21.7 Å². The molecule has 1 aromatic heterocycles. The van der Waals surface area contributed by atoms with Crippen LogP contribution in [0.25, 0.3) is 0 Å². The fourth-order valence-electron chi connectivity index (χ4n) is 2.82. The fraction of sp³-hybridized carbons (Fsp3) is 0.733. The number of aromatic amines is 1. The molecule has 1 N–H and O–H groups in total. The van der Waals surface area contributed by atoms with Gasteiger partial charge in [0.2, 0.25) is 0 Å². The van der Waals surface area contributed by atoms with Gasteiger partial charge in [-0.25, -0.2) is 4.98 Å². The Morgan fingerprint density at radius 3 is 2.45 bits per heavy atom. The summed E-state index contributed by atoms with van der Waals surface area (Å²) in [4.78, 5) is 7.86. The molecule has 0 spiro atoms. The number of rotatable bonds is 4. The molecule has 112 valence electrons. The lowest BCUT2D eigenvalue weighted by molar-refractivity contribution is -0.0732. The van der Waals surface area contributed by atoms with E-state index in [1.165, 1.54) is 0 Å². The van der Waals surface area contributed by atoms with Crippen molar-refractivity contribution >= 4 is 12.2 Å². The highest BCUT2D eigenvalue weighted by Crippen LogP contribution is 2.46. The number of H-pyrrole nitrogens is 1. The van der Waals surface area contributed by atoms with E-state index in [2.05, 4.69) is 23.8 Å². The largest absolute Gasteiger partial charge is 0.378 e. The van der Waals surface area contributed by atoms with Crippen LogP contribution in [0.15, 0.2) is 6.07 Å². The van der Waals surface area contributed by atoms with Crippen LogP contribution in [0.1, 0.15) is 51.0 Å². The highest BCUT2D eigenvalue weighted by atomic mass is 32.1. The average Bonchev–Trinajstić information content (AvgIpc) is 2.39. The second-order valence-electron chi connectivity index (χ2n) is 6.39. The molecule has 1 saturated carbocycles. The van der Waals surface area contributed by atoms with E-state index in [0.717, 1.165) is 37.2 Å². The van der Waals surface area contributed by atoms with Gasteiger partial charge in [0.05, 0.1) is 6.61 Å². The maximum Gasteiger partial charge on any atom is 0.140 e. The first-order valence-corrected chi connectivity index (χ1v) is 7.46. The Kier molecular flexibility index (Phi) is 4.62. The van der Waals surface area contributed by atoms with Gasteiger partial charge >= 0.3 is 0 Å². The van der Waals surface area contributed by atoms with Crippen molar-refractivity contribution in [1.29, 1.82) is 0 Å². The van der Waals surface area contributed by atoms with Gasteiger partial charge in [-0.1, -0.05) is 26.1 Å². The molecule has 2 rings (SSSR count). The van der Waals surface area contributed by atoms with Gasteiger partial charge in [0.25, 0.3) is 0 Å². The number of nitrogens with one attached hydrogen (secondary N) is 1. The summed E-state index contributed by atoms with van der Waals surface area (Å²) in [5, 5.41) is 0. The van der Waals surface area contributed by atoms with Gasteiger partial charge in [-0.05, 0) is 37.2 Å². The molecule has 1 aliphatic carbocycles. The van der Waals surface area contributed by atoms with Crippen LogP contribution in [0.4, 0.5) is 0 Å². The summed E-state index contributed by atoms with van der Waals surface area (Å²) in [6, 6.07) is 1.85. The van der Waals surface area contributed by atoms with Crippen molar-refractivity contribution in [1.82, 2.24) is 9.97 Å². The van der Waals surface area contributed by atoms with Crippen LogP contribution in [0.2, 0.25) is 0 Å². The topological polar surface area (TPSA) is 47.1 Å². The SMILES string of the molecule is COCc1cc(=S)nc(C2(OC)CCC(C)(C)CC2)[nH]1. The fourth-order valence-corrected chi connectivity index (χ4v) is 3.06. The van der Waals surface area contributed by atoms with E-state index < -0.39 is 0 Å². The van der Waals surface area contributed by atoms with Gasteiger partial charge in [-0.3, -0.25) is 0 Å². The molecular weight excluding hydrogens is 272 g/mol. The van der Waals surface area contributed by atoms with Crippen LogP contribution in [0, 0.1) is 10.1 Å². The van der Waals surface area contributed by atoms with E-state index in [1.807, 2.05) is 6.07 Å². The molecule has 1 aromatic rings. The Labute approximate surface area is 125 Å². The summed E-state index contributed by atoms with van der Waals surface area (Å²) in [5.74, 6) is 0.843. The van der Waals surface area contributed by atoms with E-state index in [9.17, 15) is 0 Å². The zero-order chi connectivity index (χ0) is 14.8. The van der Waals surface area contributed by atoms with Gasteiger partial charge < -0.3 is 14.5 Å². The van der Waals surface area contributed by atoms with Crippen molar-refractivity contribution in [2.45, 2.75) is 51.7 Å². The Morgan fingerprint density at radius 2 is 1.90 bits per heavy atom. The second-order valence-corrected chi connectivity index (χ2v) is 6.81. The first kappa shape index (κ1) is 15.6. The van der Waals surface area contributed by atoms with Gasteiger partial charge in [0, 0.05) is 19.9 Å². The molecule has 20 heavy (non-hydrogen) atoms. The summed E-state index contributed by atoms with van der Waals surface area (Å²) in [7, 11) is 3.44. The van der Waals surface area contributed by atoms with Crippen LogP contribution in [-0.4, -0.2) is 24.2 Å². The van der Waals surface area contributed by atoms with E-state index in [1.54, 1.807) is 14.2 Å². The smallest absolute Gasteiger partial charge is 0.140 e. The third-order valence-corrected chi connectivity index (χ3v) is 4.54. The lowest BCUT2D eigenvalue weighted by Gasteiger charge is -2.41. The van der Waals surface area contributed by atoms with Crippen LogP contribution in [0.3, 0.4) is 0 Å². The molecule has 0 unspecified atom stereocenters. The highest BCUT2D eigenvalue weighted by Gasteiger charge is 2.41. The molecule has 1 heterocycles. The molecule has 0 atom stereocenters. The molecule has 5 heteroatoms. The minimum atomic E-state index is -0.340. The summed E-state index contributed by atoms with van der Waals surface area (Å²) < 4.78 is 11.6. The Balaban J connectivity index is 2.34. The Bertz CT molecular complexity index is 515. The van der Waals surface area contributed by atoms with Gasteiger partial charge in [0.1, 0.15) is 16.1 Å². The predicted octanol–water partition coefficient (Wildman–Crippen LogP) is 3.73. The van der Waals surface area contributed by atoms with Crippen molar-refractivity contribution in [2.24, 2.45) is 5.41 Å². The second kappa shape index (κ2) is 5.92. The lowest BCUT2D eigenvalue weighted by Crippen LogP contribution is -2.38. The molecule has 0 radical (unpaired) electrons. The summed E-state index contributed by atoms with van der Waals surface area (Å²) in [5.41, 5.74) is 0.985. The van der Waals surface area contributed by atoms with E-state index >= 15 is 0 Å². The molecule has 0 bridgehead atoms.